The Morgan fingerprint density at radius 2 is 2.00 bits per heavy atom. The lowest BCUT2D eigenvalue weighted by molar-refractivity contribution is -0.140. The van der Waals surface area contributed by atoms with Gasteiger partial charge in [-0.15, -0.1) is 0 Å². The summed E-state index contributed by atoms with van der Waals surface area (Å²) in [5.41, 5.74) is -0.659. The minimum atomic E-state index is -1.07. The number of alkyl carbamates (subject to hydrolysis) is 1. The average Bonchev–Trinajstić information content (AvgIpc) is 2.25. The molecule has 3 N–H and O–H groups in total. The number of carbonyl (C=O) groups is 2. The lowest BCUT2D eigenvalue weighted by Gasteiger charge is -2.28. The Labute approximate surface area is 119 Å². The van der Waals surface area contributed by atoms with Crippen LogP contribution in [0.15, 0.2) is 0 Å². The van der Waals surface area contributed by atoms with E-state index in [9.17, 15) is 19.8 Å². The summed E-state index contributed by atoms with van der Waals surface area (Å²) in [6.07, 6.45) is 2.40. The first-order valence-corrected chi connectivity index (χ1v) is 7.08. The molecule has 0 aromatic heterocycles. The van der Waals surface area contributed by atoms with Crippen LogP contribution in [0.3, 0.4) is 0 Å². The average molecular weight is 287 g/mol. The number of carboxylic acids is 1. The normalized spacial score (nSPS) is 24.8. The first kappa shape index (κ1) is 16.8. The minimum absolute atomic E-state index is 0.120. The molecule has 116 valence electrons. The zero-order valence-electron chi connectivity index (χ0n) is 12.4. The molecule has 20 heavy (non-hydrogen) atoms. The van der Waals surface area contributed by atoms with E-state index >= 15 is 0 Å². The lowest BCUT2D eigenvalue weighted by atomic mass is 9.83. The summed E-state index contributed by atoms with van der Waals surface area (Å²) < 4.78 is 5.07. The maximum absolute atomic E-state index is 11.6. The topological polar surface area (TPSA) is 95.9 Å². The zero-order valence-corrected chi connectivity index (χ0v) is 12.4. The van der Waals surface area contributed by atoms with E-state index < -0.39 is 23.7 Å². The number of aliphatic hydroxyl groups is 1. The number of carboxylic acid groups (broad SMARTS) is 1. The van der Waals surface area contributed by atoms with E-state index in [1.54, 1.807) is 20.8 Å². The number of rotatable bonds is 4. The third-order valence-electron chi connectivity index (χ3n) is 3.31. The quantitative estimate of drug-likeness (QED) is 0.734. The van der Waals surface area contributed by atoms with Crippen LogP contribution in [0.1, 0.15) is 52.9 Å². The Morgan fingerprint density at radius 3 is 2.50 bits per heavy atom. The molecule has 0 aliphatic heterocycles. The highest BCUT2D eigenvalue weighted by molar-refractivity contribution is 5.80. The fraction of sp³-hybridized carbons (Fsp3) is 0.857. The van der Waals surface area contributed by atoms with Gasteiger partial charge in [-0.2, -0.15) is 0 Å². The fourth-order valence-corrected chi connectivity index (χ4v) is 2.48. The monoisotopic (exact) mass is 287 g/mol. The van der Waals surface area contributed by atoms with Gasteiger partial charge in [0, 0.05) is 0 Å². The van der Waals surface area contributed by atoms with E-state index in [0.29, 0.717) is 12.8 Å². The second-order valence-electron chi connectivity index (χ2n) is 6.46. The summed E-state index contributed by atoms with van der Waals surface area (Å²) in [4.78, 5) is 22.9. The van der Waals surface area contributed by atoms with Gasteiger partial charge >= 0.3 is 12.1 Å². The molecular formula is C14H25NO5. The zero-order chi connectivity index (χ0) is 15.3. The summed E-state index contributed by atoms with van der Waals surface area (Å²) in [5.74, 6) is -0.953. The number of hydrogen-bond acceptors (Lipinski definition) is 4. The van der Waals surface area contributed by atoms with Gasteiger partial charge in [-0.05, 0) is 46.0 Å². The molecule has 0 heterocycles. The standard InChI is InChI=1S/C14H25NO5/c1-14(2,3)20-13(19)15-11(12(17)18)8-9-5-4-6-10(16)7-9/h9-11,16H,4-8H2,1-3H3,(H,15,19)(H,17,18). The van der Waals surface area contributed by atoms with Gasteiger partial charge in [0.15, 0.2) is 0 Å². The fourth-order valence-electron chi connectivity index (χ4n) is 2.48. The van der Waals surface area contributed by atoms with Gasteiger partial charge in [-0.1, -0.05) is 12.8 Å². The molecule has 0 spiro atoms. The number of aliphatic hydroxyl groups excluding tert-OH is 1. The molecule has 1 aliphatic carbocycles. The van der Waals surface area contributed by atoms with Crippen LogP contribution in [0, 0.1) is 5.92 Å². The molecule has 6 heteroatoms. The van der Waals surface area contributed by atoms with Gasteiger partial charge in [0.25, 0.3) is 0 Å². The third kappa shape index (κ3) is 6.23. The molecule has 0 saturated heterocycles. The number of amides is 1. The van der Waals surface area contributed by atoms with E-state index in [0.717, 1.165) is 19.3 Å². The van der Waals surface area contributed by atoms with E-state index in [1.165, 1.54) is 0 Å². The van der Waals surface area contributed by atoms with Gasteiger partial charge in [0.2, 0.25) is 0 Å². The van der Waals surface area contributed by atoms with Gasteiger partial charge in [0.05, 0.1) is 6.10 Å². The van der Waals surface area contributed by atoms with Crippen LogP contribution in [0.25, 0.3) is 0 Å². The Balaban J connectivity index is 2.52. The summed E-state index contributed by atoms with van der Waals surface area (Å²) in [6, 6.07) is -0.972. The number of ether oxygens (including phenoxy) is 1. The Morgan fingerprint density at radius 1 is 1.35 bits per heavy atom. The number of nitrogens with one attached hydrogen (secondary N) is 1. The molecule has 1 aliphatic rings. The lowest BCUT2D eigenvalue weighted by Crippen LogP contribution is -2.44. The predicted octanol–water partition coefficient (Wildman–Crippen LogP) is 1.91. The Hall–Kier alpha value is -1.30. The molecule has 3 unspecified atom stereocenters. The van der Waals surface area contributed by atoms with Crippen LogP contribution < -0.4 is 5.32 Å². The molecule has 0 radical (unpaired) electrons. The van der Waals surface area contributed by atoms with Crippen LogP contribution >= 0.6 is 0 Å². The number of aliphatic carboxylic acids is 1. The first-order valence-electron chi connectivity index (χ1n) is 7.08. The van der Waals surface area contributed by atoms with Crippen molar-refractivity contribution in [3.63, 3.8) is 0 Å². The molecule has 6 nitrogen and oxygen atoms in total. The van der Waals surface area contributed by atoms with Crippen LogP contribution in [-0.2, 0) is 9.53 Å². The maximum Gasteiger partial charge on any atom is 0.408 e. The number of hydrogen-bond donors (Lipinski definition) is 3. The van der Waals surface area contributed by atoms with Crippen LogP contribution in [0.2, 0.25) is 0 Å². The van der Waals surface area contributed by atoms with Crippen molar-refractivity contribution in [2.45, 2.75) is 70.6 Å². The van der Waals surface area contributed by atoms with Crippen LogP contribution in [0.4, 0.5) is 4.79 Å². The van der Waals surface area contributed by atoms with E-state index in [1.807, 2.05) is 0 Å². The maximum atomic E-state index is 11.6. The molecule has 0 bridgehead atoms. The van der Waals surface area contributed by atoms with Gasteiger partial charge in [0.1, 0.15) is 11.6 Å². The van der Waals surface area contributed by atoms with Crippen LogP contribution in [-0.4, -0.2) is 40.0 Å². The predicted molar refractivity (Wildman–Crippen MR) is 73.4 cm³/mol. The minimum Gasteiger partial charge on any atom is -0.480 e. The van der Waals surface area contributed by atoms with Crippen molar-refractivity contribution in [3.8, 4) is 0 Å². The Kier molecular flexibility index (Phi) is 5.80. The van der Waals surface area contributed by atoms with Crippen molar-refractivity contribution >= 4 is 12.1 Å². The molecular weight excluding hydrogens is 262 g/mol. The van der Waals surface area contributed by atoms with Crippen molar-refractivity contribution in [1.29, 1.82) is 0 Å². The molecule has 0 aromatic carbocycles. The van der Waals surface area contributed by atoms with E-state index in [2.05, 4.69) is 5.32 Å². The molecule has 1 rings (SSSR count). The second-order valence-corrected chi connectivity index (χ2v) is 6.46. The first-order chi connectivity index (χ1) is 9.17. The Bertz CT molecular complexity index is 350. The van der Waals surface area contributed by atoms with Crippen molar-refractivity contribution in [2.24, 2.45) is 5.92 Å². The highest BCUT2D eigenvalue weighted by Gasteiger charge is 2.29. The molecule has 3 atom stereocenters. The largest absolute Gasteiger partial charge is 0.480 e. The van der Waals surface area contributed by atoms with Gasteiger partial charge in [-0.3, -0.25) is 0 Å². The third-order valence-corrected chi connectivity index (χ3v) is 3.31. The molecule has 1 amide bonds. The van der Waals surface area contributed by atoms with Crippen molar-refractivity contribution in [1.82, 2.24) is 5.32 Å². The summed E-state index contributed by atoms with van der Waals surface area (Å²) in [7, 11) is 0. The molecule has 1 fully saturated rings. The molecule has 1 saturated carbocycles. The van der Waals surface area contributed by atoms with E-state index in [-0.39, 0.29) is 12.0 Å². The summed E-state index contributed by atoms with van der Waals surface area (Å²) in [6.45, 7) is 5.17. The summed E-state index contributed by atoms with van der Waals surface area (Å²) >= 11 is 0. The van der Waals surface area contributed by atoms with Gasteiger partial charge in [-0.25, -0.2) is 9.59 Å². The van der Waals surface area contributed by atoms with Crippen molar-refractivity contribution in [3.05, 3.63) is 0 Å². The second kappa shape index (κ2) is 6.92. The van der Waals surface area contributed by atoms with Crippen molar-refractivity contribution < 1.29 is 24.5 Å². The van der Waals surface area contributed by atoms with E-state index in [4.69, 9.17) is 4.74 Å². The van der Waals surface area contributed by atoms with Gasteiger partial charge < -0.3 is 20.3 Å². The highest BCUT2D eigenvalue weighted by Crippen LogP contribution is 2.28. The summed E-state index contributed by atoms with van der Waals surface area (Å²) in [5, 5.41) is 21.2. The van der Waals surface area contributed by atoms with Crippen molar-refractivity contribution in [2.75, 3.05) is 0 Å². The highest BCUT2D eigenvalue weighted by atomic mass is 16.6. The van der Waals surface area contributed by atoms with Crippen LogP contribution in [0.5, 0.6) is 0 Å². The molecule has 0 aromatic rings. The number of carbonyl (C=O) groups excluding carboxylic acids is 1. The SMILES string of the molecule is CC(C)(C)OC(=O)NC(CC1CCCC(O)C1)C(=O)O. The smallest absolute Gasteiger partial charge is 0.408 e.